The first-order valence-corrected chi connectivity index (χ1v) is 10.5. The topological polar surface area (TPSA) is 75.7 Å². The lowest BCUT2D eigenvalue weighted by atomic mass is 10.1. The van der Waals surface area contributed by atoms with Crippen LogP contribution in [0, 0.1) is 0 Å². The SMILES string of the molecule is CCC(=O)Nc1ccc(S(=O)(=O)N2CCOC(c3ccc(Cl)cc3)C2)cc1. The molecular formula is C19H21ClN2O4S. The van der Waals surface area contributed by atoms with Crippen molar-refractivity contribution in [2.75, 3.05) is 25.0 Å². The summed E-state index contributed by atoms with van der Waals surface area (Å²) in [6.45, 7) is 2.60. The average Bonchev–Trinajstić information content (AvgIpc) is 2.69. The summed E-state index contributed by atoms with van der Waals surface area (Å²) >= 11 is 5.91. The van der Waals surface area contributed by atoms with Gasteiger partial charge in [0.2, 0.25) is 15.9 Å². The number of rotatable bonds is 5. The van der Waals surface area contributed by atoms with E-state index in [4.69, 9.17) is 16.3 Å². The fourth-order valence-corrected chi connectivity index (χ4v) is 4.38. The molecule has 1 saturated heterocycles. The summed E-state index contributed by atoms with van der Waals surface area (Å²) in [6.07, 6.45) is 0.0221. The van der Waals surface area contributed by atoms with Crippen LogP contribution in [0.4, 0.5) is 5.69 Å². The number of ether oxygens (including phenoxy) is 1. The zero-order chi connectivity index (χ0) is 19.4. The summed E-state index contributed by atoms with van der Waals surface area (Å²) in [4.78, 5) is 11.6. The molecule has 0 saturated carbocycles. The van der Waals surface area contributed by atoms with Gasteiger partial charge in [-0.25, -0.2) is 8.42 Å². The fourth-order valence-electron chi connectivity index (χ4n) is 2.83. The minimum absolute atomic E-state index is 0.121. The Morgan fingerprint density at radius 2 is 1.85 bits per heavy atom. The quantitative estimate of drug-likeness (QED) is 0.822. The van der Waals surface area contributed by atoms with Gasteiger partial charge in [0.05, 0.1) is 17.6 Å². The lowest BCUT2D eigenvalue weighted by Gasteiger charge is -2.32. The number of nitrogens with zero attached hydrogens (tertiary/aromatic N) is 1. The van der Waals surface area contributed by atoms with Crippen molar-refractivity contribution >= 4 is 33.2 Å². The highest BCUT2D eigenvalue weighted by atomic mass is 35.5. The third kappa shape index (κ3) is 4.68. The van der Waals surface area contributed by atoms with Gasteiger partial charge in [-0.15, -0.1) is 0 Å². The molecule has 3 rings (SSSR count). The molecule has 1 atom stereocenters. The van der Waals surface area contributed by atoms with E-state index in [9.17, 15) is 13.2 Å². The number of sulfonamides is 1. The Hall–Kier alpha value is -1.93. The highest BCUT2D eigenvalue weighted by Gasteiger charge is 2.31. The standard InChI is InChI=1S/C19H21ClN2O4S/c1-2-19(23)21-16-7-9-17(10-8-16)27(24,25)22-11-12-26-18(13-22)14-3-5-15(20)6-4-14/h3-10,18H,2,11-13H2,1H3,(H,21,23). The zero-order valence-electron chi connectivity index (χ0n) is 14.9. The zero-order valence-corrected chi connectivity index (χ0v) is 16.5. The molecule has 0 bridgehead atoms. The molecule has 1 unspecified atom stereocenters. The molecule has 8 heteroatoms. The summed E-state index contributed by atoms with van der Waals surface area (Å²) in [5, 5.41) is 3.32. The molecule has 144 valence electrons. The molecule has 1 N–H and O–H groups in total. The molecule has 2 aromatic rings. The maximum absolute atomic E-state index is 13.0. The molecule has 0 spiro atoms. The van der Waals surface area contributed by atoms with E-state index in [1.165, 1.54) is 16.4 Å². The van der Waals surface area contributed by atoms with Crippen molar-refractivity contribution in [3.63, 3.8) is 0 Å². The van der Waals surface area contributed by atoms with E-state index in [0.717, 1.165) is 5.56 Å². The van der Waals surface area contributed by atoms with E-state index in [1.807, 2.05) is 12.1 Å². The smallest absolute Gasteiger partial charge is 0.243 e. The Kier molecular flexibility index (Phi) is 6.16. The fraction of sp³-hybridized carbons (Fsp3) is 0.316. The monoisotopic (exact) mass is 408 g/mol. The number of nitrogens with one attached hydrogen (secondary N) is 1. The van der Waals surface area contributed by atoms with Crippen LogP contribution in [0.1, 0.15) is 25.0 Å². The number of anilines is 1. The summed E-state index contributed by atoms with van der Waals surface area (Å²) in [5.74, 6) is -0.121. The van der Waals surface area contributed by atoms with Crippen LogP contribution in [0.5, 0.6) is 0 Å². The van der Waals surface area contributed by atoms with Crippen LogP contribution in [0.15, 0.2) is 53.4 Å². The minimum atomic E-state index is -3.65. The van der Waals surface area contributed by atoms with E-state index >= 15 is 0 Å². The molecule has 1 amide bonds. The van der Waals surface area contributed by atoms with Crippen molar-refractivity contribution in [3.8, 4) is 0 Å². The van der Waals surface area contributed by atoms with Gasteiger partial charge in [0.1, 0.15) is 0 Å². The van der Waals surface area contributed by atoms with Crippen molar-refractivity contribution in [3.05, 3.63) is 59.1 Å². The summed E-state index contributed by atoms with van der Waals surface area (Å²) in [7, 11) is -3.65. The molecular weight excluding hydrogens is 388 g/mol. The highest BCUT2D eigenvalue weighted by molar-refractivity contribution is 7.89. The Morgan fingerprint density at radius 1 is 1.19 bits per heavy atom. The molecule has 27 heavy (non-hydrogen) atoms. The number of hydrogen-bond donors (Lipinski definition) is 1. The predicted octanol–water partition coefficient (Wildman–Crippen LogP) is 3.45. The van der Waals surface area contributed by atoms with Gasteiger partial charge in [0, 0.05) is 30.2 Å². The van der Waals surface area contributed by atoms with Gasteiger partial charge < -0.3 is 10.1 Å². The molecule has 1 aliphatic heterocycles. The second kappa shape index (κ2) is 8.39. The van der Waals surface area contributed by atoms with Crippen molar-refractivity contribution in [2.45, 2.75) is 24.3 Å². The van der Waals surface area contributed by atoms with E-state index in [0.29, 0.717) is 30.3 Å². The first-order chi connectivity index (χ1) is 12.9. The van der Waals surface area contributed by atoms with Crippen LogP contribution in [0.2, 0.25) is 5.02 Å². The Bertz CT molecular complexity index is 898. The number of hydrogen-bond acceptors (Lipinski definition) is 4. The summed E-state index contributed by atoms with van der Waals surface area (Å²) < 4.78 is 33.1. The molecule has 1 aliphatic rings. The lowest BCUT2D eigenvalue weighted by Crippen LogP contribution is -2.42. The summed E-state index contributed by atoms with van der Waals surface area (Å²) in [6, 6.07) is 13.4. The van der Waals surface area contributed by atoms with Crippen molar-refractivity contribution < 1.29 is 17.9 Å². The maximum Gasteiger partial charge on any atom is 0.243 e. The van der Waals surface area contributed by atoms with Crippen LogP contribution in [0.25, 0.3) is 0 Å². The molecule has 1 heterocycles. The van der Waals surface area contributed by atoms with Crippen LogP contribution >= 0.6 is 11.6 Å². The van der Waals surface area contributed by atoms with Crippen molar-refractivity contribution in [1.82, 2.24) is 4.31 Å². The van der Waals surface area contributed by atoms with E-state index in [-0.39, 0.29) is 23.5 Å². The normalized spacial score (nSPS) is 18.2. The van der Waals surface area contributed by atoms with Gasteiger partial charge in [-0.3, -0.25) is 4.79 Å². The van der Waals surface area contributed by atoms with Gasteiger partial charge in [-0.2, -0.15) is 4.31 Å². The lowest BCUT2D eigenvalue weighted by molar-refractivity contribution is -0.115. The number of morpholine rings is 1. The van der Waals surface area contributed by atoms with Gasteiger partial charge in [-0.1, -0.05) is 30.7 Å². The van der Waals surface area contributed by atoms with Crippen LogP contribution in [-0.4, -0.2) is 38.3 Å². The van der Waals surface area contributed by atoms with E-state index < -0.39 is 10.0 Å². The largest absolute Gasteiger partial charge is 0.371 e. The summed E-state index contributed by atoms with van der Waals surface area (Å²) in [5.41, 5.74) is 1.46. The van der Waals surface area contributed by atoms with Crippen molar-refractivity contribution in [2.24, 2.45) is 0 Å². The third-order valence-corrected chi connectivity index (χ3v) is 6.50. The average molecular weight is 409 g/mol. The number of carbonyl (C=O) groups excluding carboxylic acids is 1. The highest BCUT2D eigenvalue weighted by Crippen LogP contribution is 2.27. The molecule has 0 radical (unpaired) electrons. The first-order valence-electron chi connectivity index (χ1n) is 8.67. The molecule has 6 nitrogen and oxygen atoms in total. The van der Waals surface area contributed by atoms with E-state index in [2.05, 4.69) is 5.32 Å². The van der Waals surface area contributed by atoms with Gasteiger partial charge in [-0.05, 0) is 42.0 Å². The van der Waals surface area contributed by atoms with Crippen LogP contribution in [0.3, 0.4) is 0 Å². The Morgan fingerprint density at radius 3 is 2.48 bits per heavy atom. The van der Waals surface area contributed by atoms with E-state index in [1.54, 1.807) is 31.2 Å². The minimum Gasteiger partial charge on any atom is -0.371 e. The Balaban J connectivity index is 1.75. The second-order valence-electron chi connectivity index (χ2n) is 6.20. The van der Waals surface area contributed by atoms with Gasteiger partial charge in [0.25, 0.3) is 0 Å². The van der Waals surface area contributed by atoms with Gasteiger partial charge in [0.15, 0.2) is 0 Å². The second-order valence-corrected chi connectivity index (χ2v) is 8.57. The predicted molar refractivity (Wildman–Crippen MR) is 104 cm³/mol. The maximum atomic E-state index is 13.0. The molecule has 0 aromatic heterocycles. The van der Waals surface area contributed by atoms with Crippen molar-refractivity contribution in [1.29, 1.82) is 0 Å². The Labute approximate surface area is 164 Å². The number of carbonyl (C=O) groups is 1. The molecule has 0 aliphatic carbocycles. The van der Waals surface area contributed by atoms with Crippen LogP contribution in [-0.2, 0) is 19.6 Å². The first kappa shape index (κ1) is 19.8. The number of halogens is 1. The molecule has 2 aromatic carbocycles. The van der Waals surface area contributed by atoms with Crippen LogP contribution < -0.4 is 5.32 Å². The third-order valence-electron chi connectivity index (χ3n) is 4.37. The molecule has 1 fully saturated rings. The number of amides is 1. The number of benzene rings is 2. The van der Waals surface area contributed by atoms with Gasteiger partial charge >= 0.3 is 0 Å².